The number of ether oxygens (including phenoxy) is 1. The van der Waals surface area contributed by atoms with Gasteiger partial charge >= 0.3 is 0 Å². The first-order valence-electron chi connectivity index (χ1n) is 9.23. The molecule has 1 aromatic heterocycles. The molecule has 3 rings (SSSR count). The van der Waals surface area contributed by atoms with E-state index in [4.69, 9.17) is 4.74 Å². The van der Waals surface area contributed by atoms with Crippen molar-refractivity contribution in [3.05, 3.63) is 35.9 Å². The highest BCUT2D eigenvalue weighted by molar-refractivity contribution is 5.48. The molecule has 26 heavy (non-hydrogen) atoms. The Bertz CT molecular complexity index is 686. The van der Waals surface area contributed by atoms with Gasteiger partial charge in [-0.15, -0.1) is 5.10 Å². The van der Waals surface area contributed by atoms with Gasteiger partial charge in [0.05, 0.1) is 24.9 Å². The summed E-state index contributed by atoms with van der Waals surface area (Å²) < 4.78 is 21.0. The lowest BCUT2D eigenvalue weighted by atomic mass is 10.1. The van der Waals surface area contributed by atoms with Crippen LogP contribution < -0.4 is 4.90 Å². The van der Waals surface area contributed by atoms with Crippen molar-refractivity contribution in [2.75, 3.05) is 44.8 Å². The fraction of sp³-hybridized carbons (Fsp3) is 0.611. The summed E-state index contributed by atoms with van der Waals surface area (Å²) in [6, 6.07) is 7.15. The first-order chi connectivity index (χ1) is 12.7. The van der Waals surface area contributed by atoms with Crippen LogP contribution in [0.1, 0.15) is 31.6 Å². The number of nitrogens with zero attached hydrogens (tertiary/aromatic N) is 6. The molecule has 1 fully saturated rings. The maximum absolute atomic E-state index is 14.0. The van der Waals surface area contributed by atoms with Crippen LogP contribution in [0, 0.1) is 5.82 Å². The second-order valence-electron chi connectivity index (χ2n) is 6.53. The van der Waals surface area contributed by atoms with Gasteiger partial charge in [-0.1, -0.05) is 25.5 Å². The van der Waals surface area contributed by atoms with E-state index in [0.717, 1.165) is 44.8 Å². The number of halogens is 1. The molecule has 0 amide bonds. The zero-order valence-electron chi connectivity index (χ0n) is 15.5. The third kappa shape index (κ3) is 4.19. The molecule has 0 N–H and O–H groups in total. The summed E-state index contributed by atoms with van der Waals surface area (Å²) in [5.74, 6) is 0.734. The fourth-order valence-corrected chi connectivity index (χ4v) is 3.52. The third-order valence-electron chi connectivity index (χ3n) is 4.88. The predicted molar refractivity (Wildman–Crippen MR) is 97.5 cm³/mol. The highest BCUT2D eigenvalue weighted by Crippen LogP contribution is 2.27. The van der Waals surface area contributed by atoms with Crippen LogP contribution in [0.25, 0.3) is 0 Å². The van der Waals surface area contributed by atoms with E-state index < -0.39 is 0 Å². The molecular weight excluding hydrogens is 335 g/mol. The molecule has 1 unspecified atom stereocenters. The smallest absolute Gasteiger partial charge is 0.168 e. The van der Waals surface area contributed by atoms with Gasteiger partial charge in [-0.05, 0) is 29.0 Å². The molecule has 0 spiro atoms. The quantitative estimate of drug-likeness (QED) is 0.717. The lowest BCUT2D eigenvalue weighted by Crippen LogP contribution is -2.48. The van der Waals surface area contributed by atoms with Crippen molar-refractivity contribution < 1.29 is 9.13 Å². The van der Waals surface area contributed by atoms with E-state index in [1.807, 2.05) is 16.8 Å². The summed E-state index contributed by atoms with van der Waals surface area (Å²) in [4.78, 5) is 4.53. The van der Waals surface area contributed by atoms with Gasteiger partial charge in [0.15, 0.2) is 5.82 Å². The van der Waals surface area contributed by atoms with Gasteiger partial charge in [0.2, 0.25) is 0 Å². The van der Waals surface area contributed by atoms with E-state index in [2.05, 4.69) is 32.2 Å². The Morgan fingerprint density at radius 2 is 1.96 bits per heavy atom. The molecule has 1 atom stereocenters. The minimum atomic E-state index is -0.158. The van der Waals surface area contributed by atoms with Crippen LogP contribution in [-0.2, 0) is 11.3 Å². The molecule has 2 heterocycles. The SMILES string of the molecule is CCCC(c1nnnn1CCOC)N1CCN(c2ccccc2F)CC1. The first-order valence-corrected chi connectivity index (χ1v) is 9.23. The monoisotopic (exact) mass is 362 g/mol. The number of tetrazole rings is 1. The van der Waals surface area contributed by atoms with Gasteiger partial charge in [0.25, 0.3) is 0 Å². The second-order valence-corrected chi connectivity index (χ2v) is 6.53. The second kappa shape index (κ2) is 9.05. The molecular formula is C18H27FN6O. The summed E-state index contributed by atoms with van der Waals surface area (Å²) >= 11 is 0. The number of benzene rings is 1. The van der Waals surface area contributed by atoms with Crippen molar-refractivity contribution >= 4 is 5.69 Å². The largest absolute Gasteiger partial charge is 0.383 e. The highest BCUT2D eigenvalue weighted by Gasteiger charge is 2.29. The number of para-hydroxylation sites is 1. The van der Waals surface area contributed by atoms with E-state index >= 15 is 0 Å². The van der Waals surface area contributed by atoms with Crippen LogP contribution in [0.2, 0.25) is 0 Å². The Hall–Kier alpha value is -2.06. The molecule has 0 radical (unpaired) electrons. The zero-order chi connectivity index (χ0) is 18.4. The van der Waals surface area contributed by atoms with Crippen molar-refractivity contribution in [1.82, 2.24) is 25.1 Å². The molecule has 1 saturated heterocycles. The maximum Gasteiger partial charge on any atom is 0.168 e. The normalized spacial score (nSPS) is 16.8. The summed E-state index contributed by atoms with van der Waals surface area (Å²) in [6.45, 7) is 6.70. The van der Waals surface area contributed by atoms with Crippen molar-refractivity contribution in [2.45, 2.75) is 32.4 Å². The first kappa shape index (κ1) is 18.7. The molecule has 1 aliphatic rings. The Morgan fingerprint density at radius 3 is 2.65 bits per heavy atom. The predicted octanol–water partition coefficient (Wildman–Crippen LogP) is 2.12. The van der Waals surface area contributed by atoms with Crippen molar-refractivity contribution in [2.24, 2.45) is 0 Å². The Balaban J connectivity index is 1.69. The van der Waals surface area contributed by atoms with E-state index in [9.17, 15) is 4.39 Å². The van der Waals surface area contributed by atoms with E-state index in [1.54, 1.807) is 13.2 Å². The molecule has 0 saturated carbocycles. The standard InChI is InChI=1S/C18H27FN6O/c1-3-6-17(18-20-21-22-25(18)13-14-26-2)24-11-9-23(10-12-24)16-8-5-4-7-15(16)19/h4-5,7-8,17H,3,6,9-14H2,1-2H3. The maximum atomic E-state index is 14.0. The van der Waals surface area contributed by atoms with Crippen LogP contribution in [0.4, 0.5) is 10.1 Å². The zero-order valence-corrected chi connectivity index (χ0v) is 15.5. The molecule has 7 nitrogen and oxygen atoms in total. The van der Waals surface area contributed by atoms with Crippen LogP contribution in [-0.4, -0.2) is 65.0 Å². The van der Waals surface area contributed by atoms with E-state index in [-0.39, 0.29) is 11.9 Å². The topological polar surface area (TPSA) is 59.3 Å². The summed E-state index contributed by atoms with van der Waals surface area (Å²) in [5.41, 5.74) is 0.684. The van der Waals surface area contributed by atoms with E-state index in [0.29, 0.717) is 18.8 Å². The lowest BCUT2D eigenvalue weighted by molar-refractivity contribution is 0.153. The summed E-state index contributed by atoms with van der Waals surface area (Å²) in [6.07, 6.45) is 2.04. The van der Waals surface area contributed by atoms with Crippen LogP contribution in [0.15, 0.2) is 24.3 Å². The van der Waals surface area contributed by atoms with Crippen molar-refractivity contribution in [3.63, 3.8) is 0 Å². The fourth-order valence-electron chi connectivity index (χ4n) is 3.52. The van der Waals surface area contributed by atoms with Gasteiger partial charge in [-0.2, -0.15) is 0 Å². The number of hydrogen-bond acceptors (Lipinski definition) is 6. The van der Waals surface area contributed by atoms with Gasteiger partial charge in [-0.3, -0.25) is 4.90 Å². The van der Waals surface area contributed by atoms with Gasteiger partial charge in [-0.25, -0.2) is 9.07 Å². The molecule has 142 valence electrons. The van der Waals surface area contributed by atoms with Crippen LogP contribution in [0.5, 0.6) is 0 Å². The molecule has 0 bridgehead atoms. The molecule has 1 aromatic carbocycles. The number of aromatic nitrogens is 4. The lowest BCUT2D eigenvalue weighted by Gasteiger charge is -2.39. The minimum Gasteiger partial charge on any atom is -0.383 e. The van der Waals surface area contributed by atoms with Crippen LogP contribution in [0.3, 0.4) is 0 Å². The van der Waals surface area contributed by atoms with Crippen molar-refractivity contribution in [1.29, 1.82) is 0 Å². The molecule has 1 aliphatic heterocycles. The average Bonchev–Trinajstić information content (AvgIpc) is 3.13. The third-order valence-corrected chi connectivity index (χ3v) is 4.88. The molecule has 8 heteroatoms. The van der Waals surface area contributed by atoms with Gasteiger partial charge in [0, 0.05) is 33.3 Å². The number of hydrogen-bond donors (Lipinski definition) is 0. The number of methoxy groups -OCH3 is 1. The average molecular weight is 362 g/mol. The summed E-state index contributed by atoms with van der Waals surface area (Å²) in [5, 5.41) is 12.3. The van der Waals surface area contributed by atoms with Gasteiger partial charge < -0.3 is 9.64 Å². The Morgan fingerprint density at radius 1 is 1.19 bits per heavy atom. The summed E-state index contributed by atoms with van der Waals surface area (Å²) in [7, 11) is 1.68. The van der Waals surface area contributed by atoms with Gasteiger partial charge in [0.1, 0.15) is 5.82 Å². The Labute approximate surface area is 153 Å². The van der Waals surface area contributed by atoms with E-state index in [1.165, 1.54) is 6.07 Å². The minimum absolute atomic E-state index is 0.158. The highest BCUT2D eigenvalue weighted by atomic mass is 19.1. The van der Waals surface area contributed by atoms with Crippen molar-refractivity contribution in [3.8, 4) is 0 Å². The number of piperazine rings is 1. The Kier molecular flexibility index (Phi) is 6.51. The van der Waals surface area contributed by atoms with Crippen LogP contribution >= 0.6 is 0 Å². The molecule has 2 aromatic rings. The number of rotatable bonds is 8. The number of anilines is 1. The molecule has 0 aliphatic carbocycles.